The lowest BCUT2D eigenvalue weighted by molar-refractivity contribution is -0.956. The van der Waals surface area contributed by atoms with Crippen molar-refractivity contribution in [1.29, 1.82) is 0 Å². The van der Waals surface area contributed by atoms with E-state index in [0.29, 0.717) is 17.9 Å². The molecule has 39 heavy (non-hydrogen) atoms. The van der Waals surface area contributed by atoms with Gasteiger partial charge in [-0.15, -0.1) is 0 Å². The summed E-state index contributed by atoms with van der Waals surface area (Å²) in [5.41, 5.74) is 0. The largest absolute Gasteiger partial charge is 0.352 e. The van der Waals surface area contributed by atoms with Crippen molar-refractivity contribution in [2.75, 3.05) is 39.3 Å². The fourth-order valence-corrected chi connectivity index (χ4v) is 8.78. The van der Waals surface area contributed by atoms with Gasteiger partial charge in [0.1, 0.15) is 0 Å². The Morgan fingerprint density at radius 3 is 2.51 bits per heavy atom. The van der Waals surface area contributed by atoms with Crippen LogP contribution in [0.4, 0.5) is 0 Å². The van der Waals surface area contributed by atoms with Crippen LogP contribution in [0.5, 0.6) is 0 Å². The van der Waals surface area contributed by atoms with Gasteiger partial charge in [-0.25, -0.2) is 0 Å². The molecule has 3 saturated heterocycles. The number of likely N-dealkylation sites (tertiary alicyclic amines) is 1. The van der Waals surface area contributed by atoms with Crippen LogP contribution in [-0.4, -0.2) is 72.7 Å². The maximum absolute atomic E-state index is 13.6. The summed E-state index contributed by atoms with van der Waals surface area (Å²) < 4.78 is 1.21. The third-order valence-corrected chi connectivity index (χ3v) is 11.5. The Morgan fingerprint density at radius 2 is 1.77 bits per heavy atom. The van der Waals surface area contributed by atoms with Crippen LogP contribution in [0.15, 0.2) is 27.1 Å². The van der Waals surface area contributed by atoms with E-state index in [0.717, 1.165) is 75.5 Å². The Bertz CT molecular complexity index is 942. The van der Waals surface area contributed by atoms with Gasteiger partial charge in [-0.2, -0.15) is 0 Å². The Hall–Kier alpha value is -1.60. The lowest BCUT2D eigenvalue weighted by Gasteiger charge is -2.49. The predicted molar refractivity (Wildman–Crippen MR) is 161 cm³/mol. The van der Waals surface area contributed by atoms with E-state index in [9.17, 15) is 9.59 Å². The normalized spacial score (nSPS) is 29.6. The van der Waals surface area contributed by atoms with Gasteiger partial charge in [-0.05, 0) is 70.6 Å². The van der Waals surface area contributed by atoms with Gasteiger partial charge in [-0.1, -0.05) is 43.5 Å². The molecule has 0 saturated carbocycles. The second-order valence-corrected chi connectivity index (χ2v) is 14.1. The zero-order valence-corrected chi connectivity index (χ0v) is 25.1. The van der Waals surface area contributed by atoms with Gasteiger partial charge < -0.3 is 14.7 Å². The first-order valence-electron chi connectivity index (χ1n) is 16.1. The van der Waals surface area contributed by atoms with Crippen molar-refractivity contribution in [2.45, 2.75) is 103 Å². The molecule has 0 aromatic heterocycles. The number of nitrogens with one attached hydrogen (secondary N) is 1. The summed E-state index contributed by atoms with van der Waals surface area (Å²) in [5.74, 6) is 1.83. The molecular weight excluding hydrogens is 504 g/mol. The molecule has 0 aromatic carbocycles. The molecule has 1 N–H and O–H groups in total. The molecule has 5 aliphatic rings. The number of allylic oxidation sites excluding steroid dienone is 2. The maximum atomic E-state index is 13.6. The quantitative estimate of drug-likeness (QED) is 0.308. The summed E-state index contributed by atoms with van der Waals surface area (Å²) in [6.45, 7) is 8.76. The van der Waals surface area contributed by atoms with Crippen LogP contribution < -0.4 is 5.32 Å². The maximum Gasteiger partial charge on any atom is 0.257 e. The van der Waals surface area contributed by atoms with Crippen LogP contribution in [0.1, 0.15) is 96.8 Å². The van der Waals surface area contributed by atoms with Gasteiger partial charge in [0.15, 0.2) is 0 Å². The topological polar surface area (TPSA) is 61.8 Å². The molecule has 0 bridgehead atoms. The highest BCUT2D eigenvalue weighted by atomic mass is 32.2. The van der Waals surface area contributed by atoms with E-state index < -0.39 is 0 Å². The Kier molecular flexibility index (Phi) is 10.3. The third-order valence-electron chi connectivity index (χ3n) is 10.3. The van der Waals surface area contributed by atoms with Gasteiger partial charge in [0.2, 0.25) is 5.91 Å². The monoisotopic (exact) mass is 555 g/mol. The van der Waals surface area contributed by atoms with Crippen LogP contribution >= 0.6 is 11.8 Å². The number of piperidine rings is 2. The molecule has 2 amide bonds. The molecule has 6 nitrogen and oxygen atoms in total. The summed E-state index contributed by atoms with van der Waals surface area (Å²) in [6.07, 6.45) is 23.0. The summed E-state index contributed by atoms with van der Waals surface area (Å²) in [4.78, 5) is 34.6. The number of thioether (sulfide) groups is 1. The van der Waals surface area contributed by atoms with Crippen molar-refractivity contribution in [3.63, 3.8) is 0 Å². The molecule has 5 rings (SSSR count). The lowest BCUT2D eigenvalue weighted by atomic mass is 9.87. The number of unbranched alkanes of at least 4 members (excludes halogenated alkanes) is 1. The van der Waals surface area contributed by atoms with Crippen molar-refractivity contribution in [1.82, 2.24) is 10.2 Å². The van der Waals surface area contributed by atoms with Crippen LogP contribution in [0.25, 0.3) is 0 Å². The number of quaternary nitrogens is 1. The standard InChI is InChI=1S/C32H50N4O2S/c1-25-11-12-28(24-36(25)20-8-4-2-3-5-9-21-36)32(38)35-18-14-26(15-19-35)10-6-7-16-34-31(37)29-22-27-13-17-33-23-30(27)39-29/h17,22-23,25-28H,2-16,18-21,24H2,1H3/p+1. The van der Waals surface area contributed by atoms with E-state index in [-0.39, 0.29) is 11.8 Å². The molecule has 0 aromatic rings. The molecule has 5 aliphatic heterocycles. The predicted octanol–water partition coefficient (Wildman–Crippen LogP) is 6.04. The highest BCUT2D eigenvalue weighted by Crippen LogP contribution is 2.42. The van der Waals surface area contributed by atoms with Crippen LogP contribution in [0.2, 0.25) is 0 Å². The minimum absolute atomic E-state index is 0.0644. The van der Waals surface area contributed by atoms with Crippen molar-refractivity contribution in [3.05, 3.63) is 22.1 Å². The molecule has 0 aliphatic carbocycles. The molecule has 3 unspecified atom stereocenters. The van der Waals surface area contributed by atoms with Crippen molar-refractivity contribution in [3.8, 4) is 0 Å². The van der Waals surface area contributed by atoms with Crippen LogP contribution in [0, 0.1) is 17.8 Å². The summed E-state index contributed by atoms with van der Waals surface area (Å²) in [5, 5.41) is 3.12. The number of hydrogen-bond donors (Lipinski definition) is 1. The van der Waals surface area contributed by atoms with E-state index in [1.165, 1.54) is 73.8 Å². The number of fused-ring (bicyclic) bond motifs is 1. The number of amides is 2. The molecule has 3 atom stereocenters. The summed E-state index contributed by atoms with van der Waals surface area (Å²) in [6, 6.07) is 0.715. The Balaban J connectivity index is 0.991. The molecule has 1 spiro atoms. The van der Waals surface area contributed by atoms with E-state index >= 15 is 0 Å². The number of hydrogen-bond acceptors (Lipinski definition) is 4. The van der Waals surface area contributed by atoms with Gasteiger partial charge in [0, 0.05) is 49.3 Å². The van der Waals surface area contributed by atoms with Crippen molar-refractivity contribution >= 4 is 29.8 Å². The highest BCUT2D eigenvalue weighted by Gasteiger charge is 2.43. The number of rotatable bonds is 7. The second kappa shape index (κ2) is 13.8. The van der Waals surface area contributed by atoms with Gasteiger partial charge >= 0.3 is 0 Å². The average molecular weight is 556 g/mol. The second-order valence-electron chi connectivity index (χ2n) is 13.0. The molecular formula is C32H51N4O2S+. The number of carbonyl (C=O) groups excluding carboxylic acids is 2. The van der Waals surface area contributed by atoms with Crippen LogP contribution in [-0.2, 0) is 9.59 Å². The zero-order valence-electron chi connectivity index (χ0n) is 24.2. The van der Waals surface area contributed by atoms with Gasteiger partial charge in [0.05, 0.1) is 36.5 Å². The summed E-state index contributed by atoms with van der Waals surface area (Å²) in [7, 11) is 0. The molecule has 7 heteroatoms. The SMILES string of the molecule is CC1CCC(C(=O)N2CCC(CCCCNC(=O)C3=CC4CC=NC=C4S3)CC2)C[N+]12CCCCCCCC2. The third kappa shape index (κ3) is 7.38. The minimum atomic E-state index is 0.0644. The zero-order chi connectivity index (χ0) is 27.1. The number of nitrogens with zero attached hydrogens (tertiary/aromatic N) is 3. The van der Waals surface area contributed by atoms with E-state index in [2.05, 4.69) is 28.2 Å². The van der Waals surface area contributed by atoms with E-state index in [1.54, 1.807) is 11.8 Å². The first-order chi connectivity index (χ1) is 19.0. The molecule has 216 valence electrons. The number of aliphatic imine (C=N–C) groups is 1. The first-order valence-corrected chi connectivity index (χ1v) is 16.9. The fraction of sp³-hybridized carbons (Fsp3) is 0.781. The minimum Gasteiger partial charge on any atom is -0.352 e. The number of carbonyl (C=O) groups is 2. The fourth-order valence-electron chi connectivity index (χ4n) is 7.70. The van der Waals surface area contributed by atoms with Crippen LogP contribution in [0.3, 0.4) is 0 Å². The molecule has 0 radical (unpaired) electrons. The van der Waals surface area contributed by atoms with Crippen molar-refractivity contribution < 1.29 is 14.1 Å². The first kappa shape index (κ1) is 28.9. The molecule has 3 fully saturated rings. The Labute approximate surface area is 240 Å². The van der Waals surface area contributed by atoms with E-state index in [1.807, 2.05) is 12.4 Å². The van der Waals surface area contributed by atoms with Gasteiger partial charge in [-0.3, -0.25) is 14.6 Å². The Morgan fingerprint density at radius 1 is 1.03 bits per heavy atom. The lowest BCUT2D eigenvalue weighted by Crippen LogP contribution is -2.62. The highest BCUT2D eigenvalue weighted by molar-refractivity contribution is 8.07. The smallest absolute Gasteiger partial charge is 0.257 e. The molecule has 5 heterocycles. The van der Waals surface area contributed by atoms with E-state index in [4.69, 9.17) is 0 Å². The summed E-state index contributed by atoms with van der Waals surface area (Å²) >= 11 is 1.57. The average Bonchev–Trinajstić information content (AvgIpc) is 3.44. The van der Waals surface area contributed by atoms with Gasteiger partial charge in [0.25, 0.3) is 5.91 Å². The van der Waals surface area contributed by atoms with Crippen molar-refractivity contribution in [2.24, 2.45) is 22.7 Å².